The van der Waals surface area contributed by atoms with Gasteiger partial charge in [0, 0.05) is 12.6 Å². The minimum atomic E-state index is 0.551. The molecule has 2 N–H and O–H groups in total. The van der Waals surface area contributed by atoms with Crippen LogP contribution in [0.25, 0.3) is 0 Å². The second-order valence-electron chi connectivity index (χ2n) is 7.93. The summed E-state index contributed by atoms with van der Waals surface area (Å²) in [5, 5.41) is 0. The molecule has 20 heavy (non-hydrogen) atoms. The van der Waals surface area contributed by atoms with E-state index >= 15 is 0 Å². The smallest absolute Gasteiger partial charge is 0.00955 e. The van der Waals surface area contributed by atoms with E-state index in [1.807, 2.05) is 0 Å². The van der Waals surface area contributed by atoms with Crippen molar-refractivity contribution < 1.29 is 0 Å². The lowest BCUT2D eigenvalue weighted by Gasteiger charge is -2.44. The summed E-state index contributed by atoms with van der Waals surface area (Å²) in [4.78, 5) is 2.80. The van der Waals surface area contributed by atoms with Crippen LogP contribution < -0.4 is 5.73 Å². The van der Waals surface area contributed by atoms with E-state index in [2.05, 4.69) is 25.7 Å². The molecule has 1 unspecified atom stereocenters. The molecular weight excluding hydrogens is 244 g/mol. The molecule has 0 aromatic rings. The van der Waals surface area contributed by atoms with Crippen LogP contribution in [0.15, 0.2) is 0 Å². The molecule has 1 saturated carbocycles. The minimum Gasteiger partial charge on any atom is -0.330 e. The van der Waals surface area contributed by atoms with Gasteiger partial charge in [0.1, 0.15) is 0 Å². The quantitative estimate of drug-likeness (QED) is 0.823. The van der Waals surface area contributed by atoms with Crippen LogP contribution in [0.5, 0.6) is 0 Å². The van der Waals surface area contributed by atoms with Gasteiger partial charge >= 0.3 is 0 Å². The molecule has 1 saturated heterocycles. The third-order valence-electron chi connectivity index (χ3n) is 6.35. The molecule has 0 bridgehead atoms. The van der Waals surface area contributed by atoms with Gasteiger partial charge in [-0.3, -0.25) is 0 Å². The Hall–Kier alpha value is -0.0800. The van der Waals surface area contributed by atoms with E-state index in [1.54, 1.807) is 0 Å². The summed E-state index contributed by atoms with van der Waals surface area (Å²) in [5.41, 5.74) is 6.30. The van der Waals surface area contributed by atoms with Crippen molar-refractivity contribution in [1.29, 1.82) is 0 Å². The van der Waals surface area contributed by atoms with Gasteiger partial charge in [-0.25, -0.2) is 0 Å². The minimum absolute atomic E-state index is 0.551. The Morgan fingerprint density at radius 3 is 2.40 bits per heavy atom. The highest BCUT2D eigenvalue weighted by atomic mass is 15.2. The van der Waals surface area contributed by atoms with Gasteiger partial charge in [0.15, 0.2) is 0 Å². The van der Waals surface area contributed by atoms with E-state index in [4.69, 9.17) is 5.73 Å². The van der Waals surface area contributed by atoms with Crippen molar-refractivity contribution in [3.8, 4) is 0 Å². The number of likely N-dealkylation sites (tertiary alicyclic amines) is 1. The predicted octanol–water partition coefficient (Wildman–Crippen LogP) is 4.04. The topological polar surface area (TPSA) is 29.3 Å². The third-order valence-corrected chi connectivity index (χ3v) is 6.35. The largest absolute Gasteiger partial charge is 0.330 e. The molecule has 2 heteroatoms. The SMILES string of the molecule is CCC(C)(C)C1CCC(N2CCCC(CCN)C2)CC1. The fourth-order valence-corrected chi connectivity index (χ4v) is 4.41. The summed E-state index contributed by atoms with van der Waals surface area (Å²) in [6.45, 7) is 10.8. The van der Waals surface area contributed by atoms with E-state index in [-0.39, 0.29) is 0 Å². The van der Waals surface area contributed by atoms with Gasteiger partial charge < -0.3 is 10.6 Å². The zero-order valence-corrected chi connectivity index (χ0v) is 14.0. The van der Waals surface area contributed by atoms with Gasteiger partial charge in [-0.05, 0) is 75.3 Å². The molecule has 0 aromatic heterocycles. The molecule has 0 aromatic carbocycles. The maximum absolute atomic E-state index is 5.75. The van der Waals surface area contributed by atoms with Gasteiger partial charge in [-0.2, -0.15) is 0 Å². The molecule has 2 nitrogen and oxygen atoms in total. The summed E-state index contributed by atoms with van der Waals surface area (Å²) in [6, 6.07) is 0.875. The maximum atomic E-state index is 5.75. The van der Waals surface area contributed by atoms with Crippen LogP contribution in [-0.4, -0.2) is 30.6 Å². The summed E-state index contributed by atoms with van der Waals surface area (Å²) in [5.74, 6) is 1.83. The Balaban J connectivity index is 1.81. The number of rotatable bonds is 5. The molecule has 1 heterocycles. The normalized spacial score (nSPS) is 33.3. The summed E-state index contributed by atoms with van der Waals surface area (Å²) < 4.78 is 0. The van der Waals surface area contributed by atoms with Gasteiger partial charge in [0.05, 0.1) is 0 Å². The Morgan fingerprint density at radius 1 is 1.10 bits per heavy atom. The van der Waals surface area contributed by atoms with Crippen molar-refractivity contribution in [2.24, 2.45) is 23.0 Å². The zero-order chi connectivity index (χ0) is 14.6. The Bertz CT molecular complexity index is 277. The number of nitrogens with two attached hydrogens (primary N) is 1. The van der Waals surface area contributed by atoms with E-state index in [1.165, 1.54) is 64.5 Å². The lowest BCUT2D eigenvalue weighted by atomic mass is 9.68. The fourth-order valence-electron chi connectivity index (χ4n) is 4.41. The lowest BCUT2D eigenvalue weighted by Crippen LogP contribution is -2.45. The monoisotopic (exact) mass is 280 g/mol. The molecule has 118 valence electrons. The zero-order valence-electron chi connectivity index (χ0n) is 14.0. The van der Waals surface area contributed by atoms with E-state index in [0.717, 1.165) is 24.4 Å². The molecule has 1 atom stereocenters. The van der Waals surface area contributed by atoms with Crippen LogP contribution in [0.3, 0.4) is 0 Å². The Labute approximate surface area is 126 Å². The first-order valence-corrected chi connectivity index (χ1v) is 9.01. The highest BCUT2D eigenvalue weighted by molar-refractivity contribution is 4.87. The molecule has 2 fully saturated rings. The van der Waals surface area contributed by atoms with Crippen molar-refractivity contribution in [3.63, 3.8) is 0 Å². The van der Waals surface area contributed by atoms with Crippen LogP contribution in [0, 0.1) is 17.3 Å². The van der Waals surface area contributed by atoms with Crippen LogP contribution in [0.2, 0.25) is 0 Å². The van der Waals surface area contributed by atoms with Crippen molar-refractivity contribution >= 4 is 0 Å². The number of hydrogen-bond donors (Lipinski definition) is 1. The second-order valence-corrected chi connectivity index (χ2v) is 7.93. The molecule has 1 aliphatic carbocycles. The standard InChI is InChI=1S/C18H36N2/c1-4-18(2,3)16-7-9-17(10-8-16)20-13-5-6-15(14-20)11-12-19/h15-17H,4-14,19H2,1-3H3. The summed E-state index contributed by atoms with van der Waals surface area (Å²) in [7, 11) is 0. The predicted molar refractivity (Wildman–Crippen MR) is 87.8 cm³/mol. The lowest BCUT2D eigenvalue weighted by molar-refractivity contribution is 0.0577. The van der Waals surface area contributed by atoms with Gasteiger partial charge in [0.25, 0.3) is 0 Å². The molecule has 2 rings (SSSR count). The van der Waals surface area contributed by atoms with Crippen molar-refractivity contribution in [3.05, 3.63) is 0 Å². The highest BCUT2D eigenvalue weighted by Gasteiger charge is 2.34. The van der Waals surface area contributed by atoms with Crippen molar-refractivity contribution in [2.75, 3.05) is 19.6 Å². The first kappa shape index (κ1) is 16.3. The highest BCUT2D eigenvalue weighted by Crippen LogP contribution is 2.41. The van der Waals surface area contributed by atoms with Gasteiger partial charge in [-0.1, -0.05) is 27.2 Å². The summed E-state index contributed by atoms with van der Waals surface area (Å²) in [6.07, 6.45) is 11.1. The molecular formula is C18H36N2. The fraction of sp³-hybridized carbons (Fsp3) is 1.00. The van der Waals surface area contributed by atoms with Gasteiger partial charge in [0.2, 0.25) is 0 Å². The molecule has 0 amide bonds. The number of piperidine rings is 1. The third kappa shape index (κ3) is 3.98. The second kappa shape index (κ2) is 7.26. The molecule has 1 aliphatic heterocycles. The van der Waals surface area contributed by atoms with E-state index < -0.39 is 0 Å². The average Bonchev–Trinajstić information content (AvgIpc) is 2.48. The van der Waals surface area contributed by atoms with Gasteiger partial charge in [-0.15, -0.1) is 0 Å². The molecule has 0 radical (unpaired) electrons. The Morgan fingerprint density at radius 2 is 1.80 bits per heavy atom. The maximum Gasteiger partial charge on any atom is 0.00955 e. The number of nitrogens with zero attached hydrogens (tertiary/aromatic N) is 1. The average molecular weight is 280 g/mol. The van der Waals surface area contributed by atoms with Crippen LogP contribution >= 0.6 is 0 Å². The van der Waals surface area contributed by atoms with Crippen LogP contribution in [-0.2, 0) is 0 Å². The first-order valence-electron chi connectivity index (χ1n) is 9.01. The molecule has 0 spiro atoms. The number of hydrogen-bond acceptors (Lipinski definition) is 2. The van der Waals surface area contributed by atoms with Crippen molar-refractivity contribution in [2.45, 2.75) is 78.2 Å². The van der Waals surface area contributed by atoms with Crippen LogP contribution in [0.1, 0.15) is 72.1 Å². The molecule has 2 aliphatic rings. The summed E-state index contributed by atoms with van der Waals surface area (Å²) >= 11 is 0. The van der Waals surface area contributed by atoms with E-state index in [0.29, 0.717) is 5.41 Å². The van der Waals surface area contributed by atoms with E-state index in [9.17, 15) is 0 Å². The Kier molecular flexibility index (Phi) is 5.92. The van der Waals surface area contributed by atoms with Crippen LogP contribution in [0.4, 0.5) is 0 Å². The first-order chi connectivity index (χ1) is 9.56. The van der Waals surface area contributed by atoms with Crippen molar-refractivity contribution in [1.82, 2.24) is 4.90 Å².